The largest absolute Gasteiger partial charge is 0.341 e. The number of fused-ring (bicyclic) bond motifs is 3. The van der Waals surface area contributed by atoms with E-state index in [9.17, 15) is 4.79 Å². The maximum atomic E-state index is 12.9. The first-order valence-corrected chi connectivity index (χ1v) is 11.6. The van der Waals surface area contributed by atoms with Gasteiger partial charge in [0.2, 0.25) is 17.8 Å². The van der Waals surface area contributed by atoms with Crippen molar-refractivity contribution in [3.05, 3.63) is 53.6 Å². The van der Waals surface area contributed by atoms with Crippen LogP contribution in [0.3, 0.4) is 0 Å². The molecule has 6 rings (SSSR count). The number of rotatable bonds is 4. The maximum Gasteiger partial charge on any atom is 0.233 e. The lowest BCUT2D eigenvalue weighted by Crippen LogP contribution is -2.32. The highest BCUT2D eigenvalue weighted by Crippen LogP contribution is 2.38. The summed E-state index contributed by atoms with van der Waals surface area (Å²) >= 11 is 0. The van der Waals surface area contributed by atoms with Crippen molar-refractivity contribution in [2.75, 3.05) is 41.3 Å². The molecule has 0 amide bonds. The van der Waals surface area contributed by atoms with Crippen LogP contribution < -0.4 is 15.1 Å². The molecule has 2 aromatic carbocycles. The number of ketones is 1. The number of carbonyl (C=O) groups is 1. The Kier molecular flexibility index (Phi) is 4.74. The molecule has 162 valence electrons. The van der Waals surface area contributed by atoms with E-state index in [4.69, 9.17) is 15.0 Å². The fourth-order valence-corrected chi connectivity index (χ4v) is 4.94. The molecule has 2 aliphatic heterocycles. The highest BCUT2D eigenvalue weighted by atomic mass is 16.1. The predicted molar refractivity (Wildman–Crippen MR) is 126 cm³/mol. The quantitative estimate of drug-likeness (QED) is 0.518. The Morgan fingerprint density at radius 2 is 1.25 bits per heavy atom. The van der Waals surface area contributed by atoms with Crippen molar-refractivity contribution >= 4 is 29.3 Å². The molecule has 2 saturated heterocycles. The Labute approximate surface area is 187 Å². The molecule has 0 atom stereocenters. The third-order valence-electron chi connectivity index (χ3n) is 6.62. The number of benzene rings is 2. The van der Waals surface area contributed by atoms with Gasteiger partial charge in [-0.05, 0) is 55.4 Å². The first-order valence-electron chi connectivity index (χ1n) is 11.6. The van der Waals surface area contributed by atoms with Crippen molar-refractivity contribution in [1.82, 2.24) is 15.0 Å². The number of aromatic nitrogens is 3. The van der Waals surface area contributed by atoms with E-state index in [-0.39, 0.29) is 5.78 Å². The molecule has 3 aromatic rings. The summed E-state index contributed by atoms with van der Waals surface area (Å²) in [5.74, 6) is 2.09. The summed E-state index contributed by atoms with van der Waals surface area (Å²) in [5.41, 5.74) is 4.29. The number of carbonyl (C=O) groups excluding carboxylic acids is 1. The zero-order valence-corrected chi connectivity index (χ0v) is 18.0. The van der Waals surface area contributed by atoms with Gasteiger partial charge in [-0.2, -0.15) is 15.0 Å². The van der Waals surface area contributed by atoms with Gasteiger partial charge in [-0.15, -0.1) is 0 Å². The van der Waals surface area contributed by atoms with Crippen LogP contribution in [-0.2, 0) is 0 Å². The molecular weight excluding hydrogens is 400 g/mol. The molecule has 0 radical (unpaired) electrons. The molecule has 3 aliphatic rings. The van der Waals surface area contributed by atoms with Gasteiger partial charge in [0, 0.05) is 43.0 Å². The Balaban J connectivity index is 1.33. The molecule has 1 aliphatic carbocycles. The first kappa shape index (κ1) is 19.2. The Hall–Kier alpha value is -3.48. The van der Waals surface area contributed by atoms with Gasteiger partial charge in [-0.3, -0.25) is 4.79 Å². The summed E-state index contributed by atoms with van der Waals surface area (Å²) < 4.78 is 0. The minimum Gasteiger partial charge on any atom is -0.341 e. The Bertz CT molecular complexity index is 1180. The van der Waals surface area contributed by atoms with Crippen LogP contribution in [0, 0.1) is 0 Å². The normalized spacial score (nSPS) is 17.4. The highest BCUT2D eigenvalue weighted by molar-refractivity contribution is 6.22. The van der Waals surface area contributed by atoms with Gasteiger partial charge < -0.3 is 15.1 Å². The van der Waals surface area contributed by atoms with Gasteiger partial charge in [0.1, 0.15) is 0 Å². The molecule has 2 fully saturated rings. The van der Waals surface area contributed by atoms with Crippen molar-refractivity contribution in [2.24, 2.45) is 0 Å². The first-order chi connectivity index (χ1) is 15.8. The lowest BCUT2D eigenvalue weighted by Gasteiger charge is -2.27. The average Bonchev–Trinajstić information content (AvgIpc) is 3.47. The number of piperidine rings is 1. The summed E-state index contributed by atoms with van der Waals surface area (Å²) in [6.45, 7) is 3.92. The van der Waals surface area contributed by atoms with Crippen LogP contribution in [0.25, 0.3) is 11.1 Å². The second-order valence-corrected chi connectivity index (χ2v) is 8.76. The van der Waals surface area contributed by atoms with Gasteiger partial charge in [0.15, 0.2) is 5.78 Å². The van der Waals surface area contributed by atoms with Crippen LogP contribution in [0.15, 0.2) is 42.5 Å². The molecule has 7 heteroatoms. The van der Waals surface area contributed by atoms with E-state index < -0.39 is 0 Å². The fraction of sp³-hybridized carbons (Fsp3) is 0.360. The fourth-order valence-electron chi connectivity index (χ4n) is 4.94. The van der Waals surface area contributed by atoms with Crippen molar-refractivity contribution in [3.8, 4) is 11.1 Å². The van der Waals surface area contributed by atoms with Crippen LogP contribution in [-0.4, -0.2) is 46.9 Å². The van der Waals surface area contributed by atoms with Crippen molar-refractivity contribution in [2.45, 2.75) is 32.1 Å². The second kappa shape index (κ2) is 7.89. The van der Waals surface area contributed by atoms with E-state index in [0.717, 1.165) is 66.0 Å². The number of nitrogens with one attached hydrogen (secondary N) is 1. The van der Waals surface area contributed by atoms with Gasteiger partial charge in [0.05, 0.1) is 0 Å². The lowest BCUT2D eigenvalue weighted by atomic mass is 10.1. The van der Waals surface area contributed by atoms with E-state index in [0.29, 0.717) is 5.95 Å². The van der Waals surface area contributed by atoms with Crippen LogP contribution in [0.4, 0.5) is 23.5 Å². The molecular formula is C25H26N6O. The number of hydrogen-bond donors (Lipinski definition) is 1. The number of anilines is 4. The second-order valence-electron chi connectivity index (χ2n) is 8.76. The monoisotopic (exact) mass is 426 g/mol. The van der Waals surface area contributed by atoms with Crippen molar-refractivity contribution in [3.63, 3.8) is 0 Å². The zero-order valence-electron chi connectivity index (χ0n) is 18.0. The summed E-state index contributed by atoms with van der Waals surface area (Å²) in [6, 6.07) is 13.7. The molecule has 0 bridgehead atoms. The smallest absolute Gasteiger partial charge is 0.233 e. The van der Waals surface area contributed by atoms with E-state index >= 15 is 0 Å². The lowest BCUT2D eigenvalue weighted by molar-refractivity contribution is 0.104. The molecule has 1 N–H and O–H groups in total. The van der Waals surface area contributed by atoms with Gasteiger partial charge in [-0.25, -0.2) is 0 Å². The molecule has 0 saturated carbocycles. The third-order valence-corrected chi connectivity index (χ3v) is 6.62. The minimum absolute atomic E-state index is 0.0710. The minimum atomic E-state index is 0.0710. The summed E-state index contributed by atoms with van der Waals surface area (Å²) in [5, 5.41) is 3.36. The maximum absolute atomic E-state index is 12.9. The topological polar surface area (TPSA) is 74.2 Å². The molecule has 0 unspecified atom stereocenters. The standard InChI is InChI=1S/C25H26N6O/c32-22-20-9-3-2-8-18(20)19-11-10-17(16-21(19)22)26-23-27-24(30-12-4-1-5-13-30)29-25(28-23)31-14-6-7-15-31/h2-3,8-11,16H,1,4-7,12-15H2,(H,26,27,28,29). The number of nitrogens with zero attached hydrogens (tertiary/aromatic N) is 5. The van der Waals surface area contributed by atoms with E-state index in [1.807, 2.05) is 42.5 Å². The molecule has 0 spiro atoms. The average molecular weight is 427 g/mol. The van der Waals surface area contributed by atoms with Crippen molar-refractivity contribution in [1.29, 1.82) is 0 Å². The van der Waals surface area contributed by atoms with E-state index in [1.54, 1.807) is 0 Å². The van der Waals surface area contributed by atoms with Gasteiger partial charge in [0.25, 0.3) is 0 Å². The molecule has 32 heavy (non-hydrogen) atoms. The Morgan fingerprint density at radius 1 is 0.656 bits per heavy atom. The summed E-state index contributed by atoms with van der Waals surface area (Å²) in [6.07, 6.45) is 5.93. The summed E-state index contributed by atoms with van der Waals surface area (Å²) in [7, 11) is 0. The SMILES string of the molecule is O=C1c2ccccc2-c2ccc(Nc3nc(N4CCCCC4)nc(N4CCCC4)n3)cc21. The molecule has 1 aromatic heterocycles. The van der Waals surface area contributed by atoms with E-state index in [2.05, 4.69) is 15.1 Å². The van der Waals surface area contributed by atoms with E-state index in [1.165, 1.54) is 32.1 Å². The van der Waals surface area contributed by atoms with Crippen LogP contribution in [0.1, 0.15) is 48.0 Å². The van der Waals surface area contributed by atoms with Crippen LogP contribution in [0.2, 0.25) is 0 Å². The van der Waals surface area contributed by atoms with Crippen molar-refractivity contribution < 1.29 is 4.79 Å². The summed E-state index contributed by atoms with van der Waals surface area (Å²) in [4.78, 5) is 31.7. The Morgan fingerprint density at radius 3 is 1.94 bits per heavy atom. The van der Waals surface area contributed by atoms with Crippen LogP contribution in [0.5, 0.6) is 0 Å². The van der Waals surface area contributed by atoms with Gasteiger partial charge in [-0.1, -0.05) is 30.3 Å². The molecule has 7 nitrogen and oxygen atoms in total. The zero-order chi connectivity index (χ0) is 21.5. The van der Waals surface area contributed by atoms with Crippen LogP contribution >= 0.6 is 0 Å². The molecule has 3 heterocycles. The number of hydrogen-bond acceptors (Lipinski definition) is 7. The highest BCUT2D eigenvalue weighted by Gasteiger charge is 2.27. The predicted octanol–water partition coefficient (Wildman–Crippen LogP) is 4.42. The third kappa shape index (κ3) is 3.38. The van der Waals surface area contributed by atoms with Gasteiger partial charge >= 0.3 is 0 Å².